The second-order valence-electron chi connectivity index (χ2n) is 4.07. The minimum atomic E-state index is -4.37. The predicted molar refractivity (Wildman–Crippen MR) is 62.4 cm³/mol. The van der Waals surface area contributed by atoms with Crippen molar-refractivity contribution in [3.63, 3.8) is 0 Å². The molecule has 0 unspecified atom stereocenters. The summed E-state index contributed by atoms with van der Waals surface area (Å²) in [5.41, 5.74) is 0.165. The summed E-state index contributed by atoms with van der Waals surface area (Å²) in [5.74, 6) is 0.609. The van der Waals surface area contributed by atoms with Crippen molar-refractivity contribution in [2.75, 3.05) is 6.54 Å². The molecule has 2 aromatic heterocycles. The van der Waals surface area contributed by atoms with Crippen molar-refractivity contribution in [3.05, 3.63) is 41.6 Å². The van der Waals surface area contributed by atoms with E-state index < -0.39 is 11.7 Å². The second kappa shape index (κ2) is 5.48. The summed E-state index contributed by atoms with van der Waals surface area (Å²) in [4.78, 5) is 0. The number of furan rings is 1. The van der Waals surface area contributed by atoms with E-state index in [0.717, 1.165) is 24.5 Å². The van der Waals surface area contributed by atoms with E-state index in [-0.39, 0.29) is 6.54 Å². The molecule has 0 aromatic carbocycles. The van der Waals surface area contributed by atoms with Gasteiger partial charge in [-0.15, -0.1) is 0 Å². The monoisotopic (exact) mass is 273 g/mol. The average molecular weight is 273 g/mol. The van der Waals surface area contributed by atoms with Gasteiger partial charge in [-0.1, -0.05) is 6.92 Å². The van der Waals surface area contributed by atoms with Gasteiger partial charge in [-0.05, 0) is 12.6 Å². The molecule has 0 atom stereocenters. The number of hydrogen-bond donors (Lipinski definition) is 1. The summed E-state index contributed by atoms with van der Waals surface area (Å²) in [6, 6.07) is 1.80. The maximum absolute atomic E-state index is 12.4. The molecule has 0 aliphatic carbocycles. The quantitative estimate of drug-likeness (QED) is 0.910. The number of nitrogens with zero attached hydrogens (tertiary/aromatic N) is 2. The molecule has 4 nitrogen and oxygen atoms in total. The van der Waals surface area contributed by atoms with Crippen molar-refractivity contribution in [3.8, 4) is 0 Å². The third-order valence-corrected chi connectivity index (χ3v) is 2.67. The molecule has 0 spiro atoms. The van der Waals surface area contributed by atoms with Crippen LogP contribution in [-0.4, -0.2) is 16.3 Å². The first-order chi connectivity index (χ1) is 9.00. The summed E-state index contributed by atoms with van der Waals surface area (Å²) >= 11 is 0. The molecule has 7 heteroatoms. The largest absolute Gasteiger partial charge is 0.467 e. The maximum atomic E-state index is 12.4. The van der Waals surface area contributed by atoms with Crippen LogP contribution in [0.1, 0.15) is 23.8 Å². The third-order valence-electron chi connectivity index (χ3n) is 2.67. The van der Waals surface area contributed by atoms with Gasteiger partial charge in [0.15, 0.2) is 0 Å². The predicted octanol–water partition coefficient (Wildman–Crippen LogP) is 2.65. The van der Waals surface area contributed by atoms with Crippen LogP contribution < -0.4 is 5.32 Å². The van der Waals surface area contributed by atoms with E-state index in [0.29, 0.717) is 12.3 Å². The van der Waals surface area contributed by atoms with Crippen LogP contribution in [0.15, 0.2) is 29.1 Å². The number of hydrogen-bond acceptors (Lipinski definition) is 3. The van der Waals surface area contributed by atoms with E-state index in [9.17, 15) is 13.2 Å². The zero-order chi connectivity index (χ0) is 13.9. The summed E-state index contributed by atoms with van der Waals surface area (Å²) in [6.45, 7) is 3.59. The Morgan fingerprint density at radius 3 is 2.84 bits per heavy atom. The lowest BCUT2D eigenvalue weighted by Gasteiger charge is -2.04. The zero-order valence-corrected chi connectivity index (χ0v) is 10.4. The Bertz CT molecular complexity index is 530. The van der Waals surface area contributed by atoms with E-state index in [1.807, 2.05) is 6.92 Å². The Kier molecular flexibility index (Phi) is 3.94. The Labute approximate surface area is 108 Å². The van der Waals surface area contributed by atoms with Gasteiger partial charge in [-0.25, -0.2) is 0 Å². The van der Waals surface area contributed by atoms with E-state index in [4.69, 9.17) is 4.42 Å². The SMILES string of the molecule is CCNCc1ccoc1Cn1cc(C(F)(F)F)cn1. The lowest BCUT2D eigenvalue weighted by atomic mass is 10.2. The molecular formula is C12H14F3N3O. The van der Waals surface area contributed by atoms with E-state index in [1.54, 1.807) is 6.07 Å². The first-order valence-electron chi connectivity index (χ1n) is 5.86. The molecule has 0 bridgehead atoms. The van der Waals surface area contributed by atoms with E-state index >= 15 is 0 Å². The molecular weight excluding hydrogens is 259 g/mol. The van der Waals surface area contributed by atoms with Crippen molar-refractivity contribution in [2.24, 2.45) is 0 Å². The van der Waals surface area contributed by atoms with Crippen molar-refractivity contribution in [2.45, 2.75) is 26.2 Å². The van der Waals surface area contributed by atoms with Crippen LogP contribution in [0.2, 0.25) is 0 Å². The Morgan fingerprint density at radius 2 is 2.21 bits per heavy atom. The fourth-order valence-corrected chi connectivity index (χ4v) is 1.67. The van der Waals surface area contributed by atoms with Crippen molar-refractivity contribution in [1.82, 2.24) is 15.1 Å². The fourth-order valence-electron chi connectivity index (χ4n) is 1.67. The minimum absolute atomic E-state index is 0.184. The van der Waals surface area contributed by atoms with Gasteiger partial charge in [-0.3, -0.25) is 4.68 Å². The van der Waals surface area contributed by atoms with Gasteiger partial charge in [0.1, 0.15) is 5.76 Å². The van der Waals surface area contributed by atoms with Crippen LogP contribution in [0.3, 0.4) is 0 Å². The molecule has 0 radical (unpaired) electrons. The Morgan fingerprint density at radius 1 is 1.42 bits per heavy atom. The van der Waals surface area contributed by atoms with Crippen LogP contribution in [0.5, 0.6) is 0 Å². The highest BCUT2D eigenvalue weighted by Gasteiger charge is 2.32. The molecule has 19 heavy (non-hydrogen) atoms. The van der Waals surface area contributed by atoms with Crippen LogP contribution >= 0.6 is 0 Å². The molecule has 104 valence electrons. The number of nitrogens with one attached hydrogen (secondary N) is 1. The highest BCUT2D eigenvalue weighted by atomic mass is 19.4. The molecule has 0 fully saturated rings. The summed E-state index contributed by atoms with van der Waals surface area (Å²) in [7, 11) is 0. The molecule has 1 N–H and O–H groups in total. The summed E-state index contributed by atoms with van der Waals surface area (Å²) in [6.07, 6.45) is -1.06. The highest BCUT2D eigenvalue weighted by molar-refractivity contribution is 5.18. The van der Waals surface area contributed by atoms with Crippen molar-refractivity contribution in [1.29, 1.82) is 0 Å². The Balaban J connectivity index is 2.09. The van der Waals surface area contributed by atoms with Gasteiger partial charge >= 0.3 is 6.18 Å². The van der Waals surface area contributed by atoms with Gasteiger partial charge < -0.3 is 9.73 Å². The second-order valence-corrected chi connectivity index (χ2v) is 4.07. The van der Waals surface area contributed by atoms with Crippen LogP contribution in [-0.2, 0) is 19.3 Å². The summed E-state index contributed by atoms with van der Waals surface area (Å²) < 4.78 is 43.8. The lowest BCUT2D eigenvalue weighted by molar-refractivity contribution is -0.137. The molecule has 2 aromatic rings. The van der Waals surface area contributed by atoms with E-state index in [1.165, 1.54) is 10.9 Å². The third kappa shape index (κ3) is 3.37. The first-order valence-corrected chi connectivity index (χ1v) is 5.86. The van der Waals surface area contributed by atoms with Gasteiger partial charge in [-0.2, -0.15) is 18.3 Å². The van der Waals surface area contributed by atoms with Crippen molar-refractivity contribution < 1.29 is 17.6 Å². The molecule has 0 saturated heterocycles. The number of alkyl halides is 3. The minimum Gasteiger partial charge on any atom is -0.467 e. The van der Waals surface area contributed by atoms with Gasteiger partial charge in [0, 0.05) is 18.3 Å². The molecule has 0 aliphatic rings. The van der Waals surface area contributed by atoms with Crippen LogP contribution in [0, 0.1) is 0 Å². The highest BCUT2D eigenvalue weighted by Crippen LogP contribution is 2.28. The lowest BCUT2D eigenvalue weighted by Crippen LogP contribution is -2.13. The number of rotatable bonds is 5. The number of aromatic nitrogens is 2. The van der Waals surface area contributed by atoms with Crippen LogP contribution in [0.25, 0.3) is 0 Å². The first kappa shape index (κ1) is 13.7. The molecule has 2 heterocycles. The maximum Gasteiger partial charge on any atom is 0.419 e. The smallest absolute Gasteiger partial charge is 0.419 e. The molecule has 0 amide bonds. The molecule has 2 rings (SSSR count). The van der Waals surface area contributed by atoms with Gasteiger partial charge in [0.25, 0.3) is 0 Å². The zero-order valence-electron chi connectivity index (χ0n) is 10.4. The molecule has 0 saturated carbocycles. The topological polar surface area (TPSA) is 43.0 Å². The Hall–Kier alpha value is -1.76. The normalized spacial score (nSPS) is 12.0. The summed E-state index contributed by atoms with van der Waals surface area (Å²) in [5, 5.41) is 6.83. The average Bonchev–Trinajstić information content (AvgIpc) is 2.95. The molecule has 0 aliphatic heterocycles. The standard InChI is InChI=1S/C12H14F3N3O/c1-2-16-5-9-3-4-19-11(9)8-18-7-10(6-17-18)12(13,14)15/h3-4,6-7,16H,2,5,8H2,1H3. The van der Waals surface area contributed by atoms with Crippen LogP contribution in [0.4, 0.5) is 13.2 Å². The van der Waals surface area contributed by atoms with Gasteiger partial charge in [0.2, 0.25) is 0 Å². The number of halogens is 3. The van der Waals surface area contributed by atoms with Crippen molar-refractivity contribution >= 4 is 0 Å². The fraction of sp³-hybridized carbons (Fsp3) is 0.417. The van der Waals surface area contributed by atoms with Gasteiger partial charge in [0.05, 0.1) is 24.6 Å². The van der Waals surface area contributed by atoms with E-state index in [2.05, 4.69) is 10.4 Å².